The zero-order chi connectivity index (χ0) is 18.4. The average Bonchev–Trinajstić information content (AvgIpc) is 3.43. The first-order valence-electron chi connectivity index (χ1n) is 8.69. The number of nitrogens with one attached hydrogen (secondary N) is 2. The van der Waals surface area contributed by atoms with E-state index in [9.17, 15) is 8.78 Å². The number of rotatable bonds is 7. The van der Waals surface area contributed by atoms with Gasteiger partial charge in [0.15, 0.2) is 5.96 Å². The summed E-state index contributed by atoms with van der Waals surface area (Å²) in [6.07, 6.45) is 1.17. The van der Waals surface area contributed by atoms with Gasteiger partial charge in [0, 0.05) is 25.7 Å². The largest absolute Gasteiger partial charge is 0.434 e. The molecule has 2 atom stereocenters. The molecule has 4 nitrogen and oxygen atoms in total. The van der Waals surface area contributed by atoms with Crippen molar-refractivity contribution in [2.75, 3.05) is 13.6 Å². The van der Waals surface area contributed by atoms with Gasteiger partial charge in [-0.05, 0) is 29.9 Å². The van der Waals surface area contributed by atoms with Crippen LogP contribution in [0.15, 0.2) is 59.6 Å². The second-order valence-electron chi connectivity index (χ2n) is 6.31. The molecule has 0 spiro atoms. The van der Waals surface area contributed by atoms with Gasteiger partial charge in [-0.1, -0.05) is 48.5 Å². The lowest BCUT2D eigenvalue weighted by Crippen LogP contribution is -2.38. The molecule has 1 saturated carbocycles. The minimum absolute atomic E-state index is 0. The van der Waals surface area contributed by atoms with Crippen molar-refractivity contribution in [3.8, 4) is 5.75 Å². The van der Waals surface area contributed by atoms with Crippen LogP contribution in [0.25, 0.3) is 0 Å². The number of hydrogen-bond acceptors (Lipinski definition) is 2. The van der Waals surface area contributed by atoms with Gasteiger partial charge in [-0.25, -0.2) is 0 Å². The van der Waals surface area contributed by atoms with E-state index in [-0.39, 0.29) is 29.7 Å². The number of alkyl halides is 2. The molecule has 2 N–H and O–H groups in total. The molecule has 2 unspecified atom stereocenters. The van der Waals surface area contributed by atoms with Crippen molar-refractivity contribution in [1.82, 2.24) is 10.6 Å². The van der Waals surface area contributed by atoms with Gasteiger partial charge in [0.2, 0.25) is 0 Å². The number of para-hydroxylation sites is 1. The highest BCUT2D eigenvalue weighted by atomic mass is 127. The number of nitrogens with zero attached hydrogens (tertiary/aromatic N) is 1. The molecule has 1 aliphatic carbocycles. The Hall–Kier alpha value is -1.90. The molecule has 1 aliphatic rings. The molecule has 2 aromatic carbocycles. The topological polar surface area (TPSA) is 45.7 Å². The summed E-state index contributed by atoms with van der Waals surface area (Å²) >= 11 is 0. The number of halogens is 3. The van der Waals surface area contributed by atoms with Crippen molar-refractivity contribution in [2.45, 2.75) is 25.5 Å². The van der Waals surface area contributed by atoms with Gasteiger partial charge < -0.3 is 15.4 Å². The summed E-state index contributed by atoms with van der Waals surface area (Å²) in [5.41, 5.74) is 2.03. The first-order chi connectivity index (χ1) is 12.7. The molecule has 3 rings (SSSR count). The smallest absolute Gasteiger partial charge is 0.387 e. The summed E-state index contributed by atoms with van der Waals surface area (Å²) in [7, 11) is 1.69. The number of hydrogen-bond donors (Lipinski definition) is 2. The lowest BCUT2D eigenvalue weighted by Gasteiger charge is -2.14. The highest BCUT2D eigenvalue weighted by Crippen LogP contribution is 2.46. The van der Waals surface area contributed by atoms with Crippen LogP contribution in [0.5, 0.6) is 5.75 Å². The molecule has 1 fully saturated rings. The molecule has 7 heteroatoms. The van der Waals surface area contributed by atoms with E-state index in [4.69, 9.17) is 0 Å². The second-order valence-corrected chi connectivity index (χ2v) is 6.31. The van der Waals surface area contributed by atoms with Crippen molar-refractivity contribution in [2.24, 2.45) is 10.9 Å². The van der Waals surface area contributed by atoms with Crippen LogP contribution in [-0.4, -0.2) is 26.2 Å². The average molecular weight is 487 g/mol. The first kappa shape index (κ1) is 21.4. The Kier molecular flexibility index (Phi) is 8.27. The molecule has 27 heavy (non-hydrogen) atoms. The second kappa shape index (κ2) is 10.4. The lowest BCUT2D eigenvalue weighted by atomic mass is 10.1. The Labute approximate surface area is 175 Å². The predicted molar refractivity (Wildman–Crippen MR) is 114 cm³/mol. The quantitative estimate of drug-likeness (QED) is 0.347. The van der Waals surface area contributed by atoms with Crippen LogP contribution < -0.4 is 15.4 Å². The maximum Gasteiger partial charge on any atom is 0.387 e. The van der Waals surface area contributed by atoms with Crippen LogP contribution in [0.1, 0.15) is 23.5 Å². The molecule has 0 aromatic heterocycles. The molecule has 0 radical (unpaired) electrons. The van der Waals surface area contributed by atoms with Gasteiger partial charge >= 0.3 is 6.61 Å². The van der Waals surface area contributed by atoms with Crippen LogP contribution in [-0.2, 0) is 6.54 Å². The number of benzene rings is 2. The molecule has 0 saturated heterocycles. The fourth-order valence-electron chi connectivity index (χ4n) is 3.07. The SMILES string of the molecule is CN=C(NCc1ccccc1OC(F)F)NCC1CC1c1ccccc1.I. The van der Waals surface area contributed by atoms with E-state index in [1.807, 2.05) is 6.07 Å². The van der Waals surface area contributed by atoms with E-state index < -0.39 is 6.61 Å². The zero-order valence-corrected chi connectivity index (χ0v) is 17.4. The van der Waals surface area contributed by atoms with Gasteiger partial charge in [-0.3, -0.25) is 4.99 Å². The van der Waals surface area contributed by atoms with E-state index >= 15 is 0 Å². The monoisotopic (exact) mass is 487 g/mol. The van der Waals surface area contributed by atoms with Crippen LogP contribution in [0.2, 0.25) is 0 Å². The Morgan fingerprint density at radius 1 is 1.11 bits per heavy atom. The minimum atomic E-state index is -2.83. The summed E-state index contributed by atoms with van der Waals surface area (Å²) in [5.74, 6) is 2.01. The minimum Gasteiger partial charge on any atom is -0.434 e. The van der Waals surface area contributed by atoms with Gasteiger partial charge in [0.1, 0.15) is 5.75 Å². The van der Waals surface area contributed by atoms with Gasteiger partial charge in [0.05, 0.1) is 0 Å². The predicted octanol–water partition coefficient (Wildman–Crippen LogP) is 4.37. The summed E-state index contributed by atoms with van der Waals surface area (Å²) < 4.78 is 29.5. The van der Waals surface area contributed by atoms with Crippen LogP contribution in [0, 0.1) is 5.92 Å². The zero-order valence-electron chi connectivity index (χ0n) is 15.1. The Balaban J connectivity index is 0.00000261. The van der Waals surface area contributed by atoms with E-state index in [1.165, 1.54) is 18.1 Å². The maximum absolute atomic E-state index is 12.5. The van der Waals surface area contributed by atoms with Crippen LogP contribution >= 0.6 is 24.0 Å². The lowest BCUT2D eigenvalue weighted by molar-refractivity contribution is -0.0504. The highest BCUT2D eigenvalue weighted by molar-refractivity contribution is 14.0. The molecule has 0 heterocycles. The van der Waals surface area contributed by atoms with E-state index in [1.54, 1.807) is 25.2 Å². The van der Waals surface area contributed by atoms with Gasteiger partial charge in [-0.2, -0.15) is 8.78 Å². The van der Waals surface area contributed by atoms with E-state index in [0.29, 0.717) is 29.9 Å². The van der Waals surface area contributed by atoms with Gasteiger partial charge in [-0.15, -0.1) is 24.0 Å². The van der Waals surface area contributed by atoms with Gasteiger partial charge in [0.25, 0.3) is 0 Å². The maximum atomic E-state index is 12.5. The highest BCUT2D eigenvalue weighted by Gasteiger charge is 2.37. The molecule has 0 amide bonds. The summed E-state index contributed by atoms with van der Waals surface area (Å²) in [6.45, 7) is -1.65. The van der Waals surface area contributed by atoms with Crippen molar-refractivity contribution < 1.29 is 13.5 Å². The van der Waals surface area contributed by atoms with E-state index in [2.05, 4.69) is 44.6 Å². The van der Waals surface area contributed by atoms with Crippen LogP contribution in [0.4, 0.5) is 8.78 Å². The number of aliphatic imine (C=N–C) groups is 1. The summed E-state index contributed by atoms with van der Waals surface area (Å²) in [6, 6.07) is 17.2. The Morgan fingerprint density at radius 2 is 1.81 bits per heavy atom. The third-order valence-corrected chi connectivity index (χ3v) is 4.54. The molecular weight excluding hydrogens is 463 g/mol. The Bertz CT molecular complexity index is 743. The third kappa shape index (κ3) is 6.34. The third-order valence-electron chi connectivity index (χ3n) is 4.54. The van der Waals surface area contributed by atoms with Crippen molar-refractivity contribution in [3.63, 3.8) is 0 Å². The number of ether oxygens (including phenoxy) is 1. The molecule has 0 bridgehead atoms. The molecular formula is C20H24F2IN3O. The first-order valence-corrected chi connectivity index (χ1v) is 8.69. The molecule has 0 aliphatic heterocycles. The molecule has 146 valence electrons. The van der Waals surface area contributed by atoms with Crippen molar-refractivity contribution in [1.29, 1.82) is 0 Å². The summed E-state index contributed by atoms with van der Waals surface area (Å²) in [5, 5.41) is 6.46. The fourth-order valence-corrected chi connectivity index (χ4v) is 3.07. The number of guanidine groups is 1. The fraction of sp³-hybridized carbons (Fsp3) is 0.350. The summed E-state index contributed by atoms with van der Waals surface area (Å²) in [4.78, 5) is 4.20. The standard InChI is InChI=1S/C20H23F2N3O.HI/c1-23-20(24-12-15-9-5-6-10-18(15)26-19(21)22)25-13-16-11-17(16)14-7-3-2-4-8-14;/h2-10,16-17,19H,11-13H2,1H3,(H2,23,24,25);1H. The Morgan fingerprint density at radius 3 is 2.52 bits per heavy atom. The van der Waals surface area contributed by atoms with Crippen LogP contribution in [0.3, 0.4) is 0 Å². The van der Waals surface area contributed by atoms with Crippen molar-refractivity contribution in [3.05, 3.63) is 65.7 Å². The molecule has 2 aromatic rings. The van der Waals surface area contributed by atoms with Crippen molar-refractivity contribution >= 4 is 29.9 Å². The van der Waals surface area contributed by atoms with E-state index in [0.717, 1.165) is 6.54 Å². The normalized spacial score (nSPS) is 18.6.